The molecule has 0 heterocycles. The average Bonchev–Trinajstić information content (AvgIpc) is 2.82. The van der Waals surface area contributed by atoms with Crippen LogP contribution in [0.4, 0.5) is 0 Å². The number of rotatable bonds is 8. The molecule has 1 saturated carbocycles. The molecule has 1 amide bonds. The van der Waals surface area contributed by atoms with Gasteiger partial charge in [0, 0.05) is 12.6 Å². The maximum Gasteiger partial charge on any atom is 0.237 e. The van der Waals surface area contributed by atoms with Crippen molar-refractivity contribution in [3.63, 3.8) is 0 Å². The monoisotopic (exact) mass is 269 g/mol. The minimum atomic E-state index is -0.880. The SMILES string of the molecule is CC(C)CCN(CCC(C)(N)C(N)=O)C1CCCC1. The molecule has 1 aliphatic rings. The Balaban J connectivity index is 2.50. The van der Waals surface area contributed by atoms with Gasteiger partial charge in [-0.15, -0.1) is 0 Å². The summed E-state index contributed by atoms with van der Waals surface area (Å²) >= 11 is 0. The summed E-state index contributed by atoms with van der Waals surface area (Å²) in [6.07, 6.45) is 7.09. The van der Waals surface area contributed by atoms with E-state index in [4.69, 9.17) is 11.5 Å². The van der Waals surface area contributed by atoms with E-state index in [1.54, 1.807) is 6.92 Å². The van der Waals surface area contributed by atoms with Gasteiger partial charge in [-0.3, -0.25) is 4.79 Å². The number of nitrogens with zero attached hydrogens (tertiary/aromatic N) is 1. The summed E-state index contributed by atoms with van der Waals surface area (Å²) < 4.78 is 0. The lowest BCUT2D eigenvalue weighted by atomic mass is 9.97. The predicted molar refractivity (Wildman–Crippen MR) is 79.7 cm³/mol. The Morgan fingerprint density at radius 2 is 1.89 bits per heavy atom. The molecule has 1 aliphatic carbocycles. The highest BCUT2D eigenvalue weighted by atomic mass is 16.1. The van der Waals surface area contributed by atoms with E-state index in [1.807, 2.05) is 0 Å². The summed E-state index contributed by atoms with van der Waals surface area (Å²) in [4.78, 5) is 13.8. The lowest BCUT2D eigenvalue weighted by Gasteiger charge is -2.32. The number of hydrogen-bond donors (Lipinski definition) is 2. The molecule has 1 unspecified atom stereocenters. The molecule has 1 rings (SSSR count). The molecule has 0 aromatic heterocycles. The van der Waals surface area contributed by atoms with Crippen molar-refractivity contribution < 1.29 is 4.79 Å². The van der Waals surface area contributed by atoms with Crippen molar-refractivity contribution in [3.8, 4) is 0 Å². The molecule has 19 heavy (non-hydrogen) atoms. The molecule has 1 fully saturated rings. The zero-order valence-electron chi connectivity index (χ0n) is 12.8. The number of hydrogen-bond acceptors (Lipinski definition) is 3. The maximum absolute atomic E-state index is 11.3. The fourth-order valence-corrected chi connectivity index (χ4v) is 2.67. The second-order valence-electron chi connectivity index (χ2n) is 6.69. The number of nitrogens with two attached hydrogens (primary N) is 2. The van der Waals surface area contributed by atoms with E-state index in [1.165, 1.54) is 32.1 Å². The highest BCUT2D eigenvalue weighted by molar-refractivity contribution is 5.83. The van der Waals surface area contributed by atoms with Crippen LogP contribution in [0.15, 0.2) is 0 Å². The second-order valence-corrected chi connectivity index (χ2v) is 6.69. The zero-order chi connectivity index (χ0) is 14.5. The number of amides is 1. The molecule has 0 aromatic rings. The minimum absolute atomic E-state index is 0.400. The Morgan fingerprint density at radius 1 is 1.32 bits per heavy atom. The van der Waals surface area contributed by atoms with Crippen molar-refractivity contribution in [2.75, 3.05) is 13.1 Å². The van der Waals surface area contributed by atoms with Crippen molar-refractivity contribution >= 4 is 5.91 Å². The van der Waals surface area contributed by atoms with Gasteiger partial charge in [0.1, 0.15) is 0 Å². The fraction of sp³-hybridized carbons (Fsp3) is 0.933. The van der Waals surface area contributed by atoms with E-state index < -0.39 is 11.4 Å². The van der Waals surface area contributed by atoms with Crippen molar-refractivity contribution in [2.24, 2.45) is 17.4 Å². The van der Waals surface area contributed by atoms with Crippen LogP contribution in [0.3, 0.4) is 0 Å². The Labute approximate surface area is 117 Å². The van der Waals surface area contributed by atoms with Gasteiger partial charge in [-0.1, -0.05) is 26.7 Å². The van der Waals surface area contributed by atoms with Gasteiger partial charge in [0.2, 0.25) is 5.91 Å². The molecule has 4 heteroatoms. The molecule has 0 bridgehead atoms. The molecular formula is C15H31N3O. The topological polar surface area (TPSA) is 72.3 Å². The Hall–Kier alpha value is -0.610. The highest BCUT2D eigenvalue weighted by Gasteiger charge is 2.29. The smallest absolute Gasteiger partial charge is 0.237 e. The largest absolute Gasteiger partial charge is 0.368 e. The quantitative estimate of drug-likeness (QED) is 0.706. The maximum atomic E-state index is 11.3. The fourth-order valence-electron chi connectivity index (χ4n) is 2.67. The zero-order valence-corrected chi connectivity index (χ0v) is 12.8. The van der Waals surface area contributed by atoms with Crippen LogP contribution in [0, 0.1) is 5.92 Å². The number of primary amides is 1. The van der Waals surface area contributed by atoms with Gasteiger partial charge in [0.15, 0.2) is 0 Å². The molecule has 4 N–H and O–H groups in total. The first-order valence-corrected chi connectivity index (χ1v) is 7.66. The summed E-state index contributed by atoms with van der Waals surface area (Å²) in [5.41, 5.74) is 10.4. The van der Waals surface area contributed by atoms with Crippen molar-refractivity contribution in [1.29, 1.82) is 0 Å². The predicted octanol–water partition coefficient (Wildman–Crippen LogP) is 1.87. The summed E-state index contributed by atoms with van der Waals surface area (Å²) in [5.74, 6) is 0.312. The minimum Gasteiger partial charge on any atom is -0.368 e. The molecule has 0 saturated heterocycles. The van der Waals surface area contributed by atoms with Crippen LogP contribution in [0.2, 0.25) is 0 Å². The third-order valence-electron chi connectivity index (χ3n) is 4.32. The summed E-state index contributed by atoms with van der Waals surface area (Å²) in [7, 11) is 0. The first kappa shape index (κ1) is 16.4. The average molecular weight is 269 g/mol. The number of carbonyl (C=O) groups is 1. The van der Waals surface area contributed by atoms with Gasteiger partial charge in [0.25, 0.3) is 0 Å². The Bertz CT molecular complexity index is 283. The molecule has 0 spiro atoms. The number of carbonyl (C=O) groups excluding carboxylic acids is 1. The molecule has 0 aromatic carbocycles. The molecular weight excluding hydrogens is 238 g/mol. The van der Waals surface area contributed by atoms with Crippen LogP contribution in [-0.4, -0.2) is 35.5 Å². The third kappa shape index (κ3) is 5.49. The first-order chi connectivity index (χ1) is 8.83. The van der Waals surface area contributed by atoms with E-state index in [-0.39, 0.29) is 0 Å². The van der Waals surface area contributed by atoms with Crippen LogP contribution in [-0.2, 0) is 4.79 Å². The summed E-state index contributed by atoms with van der Waals surface area (Å²) in [5, 5.41) is 0. The Kier molecular flexibility index (Phi) is 6.27. The van der Waals surface area contributed by atoms with E-state index in [2.05, 4.69) is 18.7 Å². The lowest BCUT2D eigenvalue weighted by Crippen LogP contribution is -2.51. The van der Waals surface area contributed by atoms with Crippen LogP contribution >= 0.6 is 0 Å². The van der Waals surface area contributed by atoms with E-state index in [9.17, 15) is 4.79 Å². The molecule has 0 radical (unpaired) electrons. The summed E-state index contributed by atoms with van der Waals surface area (Å²) in [6, 6.07) is 0.683. The van der Waals surface area contributed by atoms with Crippen molar-refractivity contribution in [3.05, 3.63) is 0 Å². The van der Waals surface area contributed by atoms with Crippen molar-refractivity contribution in [1.82, 2.24) is 4.90 Å². The molecule has 0 aliphatic heterocycles. The van der Waals surface area contributed by atoms with Crippen LogP contribution < -0.4 is 11.5 Å². The van der Waals surface area contributed by atoms with Crippen LogP contribution in [0.5, 0.6) is 0 Å². The Morgan fingerprint density at radius 3 is 2.37 bits per heavy atom. The van der Waals surface area contributed by atoms with Gasteiger partial charge < -0.3 is 16.4 Å². The molecule has 4 nitrogen and oxygen atoms in total. The van der Waals surface area contributed by atoms with Gasteiger partial charge in [-0.2, -0.15) is 0 Å². The second kappa shape index (κ2) is 7.25. The molecule has 112 valence electrons. The summed E-state index contributed by atoms with van der Waals surface area (Å²) in [6.45, 7) is 8.24. The highest BCUT2D eigenvalue weighted by Crippen LogP contribution is 2.25. The van der Waals surface area contributed by atoms with Gasteiger partial charge in [-0.05, 0) is 45.1 Å². The van der Waals surface area contributed by atoms with Crippen molar-refractivity contribution in [2.45, 2.75) is 70.9 Å². The van der Waals surface area contributed by atoms with E-state index in [0.717, 1.165) is 13.1 Å². The van der Waals surface area contributed by atoms with Gasteiger partial charge in [-0.25, -0.2) is 0 Å². The normalized spacial score (nSPS) is 20.1. The van der Waals surface area contributed by atoms with Crippen LogP contribution in [0.1, 0.15) is 59.3 Å². The third-order valence-corrected chi connectivity index (χ3v) is 4.32. The van der Waals surface area contributed by atoms with Gasteiger partial charge >= 0.3 is 0 Å². The van der Waals surface area contributed by atoms with Crippen LogP contribution in [0.25, 0.3) is 0 Å². The van der Waals surface area contributed by atoms with E-state index in [0.29, 0.717) is 18.4 Å². The van der Waals surface area contributed by atoms with Gasteiger partial charge in [0.05, 0.1) is 5.54 Å². The standard InChI is InChI=1S/C15H31N3O/c1-12(2)8-10-18(13-6-4-5-7-13)11-9-15(3,17)14(16)19/h12-13H,4-11,17H2,1-3H3,(H2,16,19). The molecule has 1 atom stereocenters. The lowest BCUT2D eigenvalue weighted by molar-refractivity contribution is -0.122. The van der Waals surface area contributed by atoms with E-state index >= 15 is 0 Å². The first-order valence-electron chi connectivity index (χ1n) is 7.66.